The van der Waals surface area contributed by atoms with Crippen LogP contribution in [0.2, 0.25) is 0 Å². The number of hydrogen-bond acceptors (Lipinski definition) is 6. The van der Waals surface area contributed by atoms with Gasteiger partial charge < -0.3 is 15.0 Å². The van der Waals surface area contributed by atoms with Crippen molar-refractivity contribution in [3.05, 3.63) is 47.9 Å². The van der Waals surface area contributed by atoms with Crippen LogP contribution < -0.4 is 14.9 Å². The normalized spacial score (nSPS) is 13.8. The van der Waals surface area contributed by atoms with Crippen LogP contribution in [0, 0.1) is 0 Å². The fourth-order valence-electron chi connectivity index (χ4n) is 3.46. The van der Waals surface area contributed by atoms with Gasteiger partial charge in [0.2, 0.25) is 12.4 Å². The van der Waals surface area contributed by atoms with E-state index in [2.05, 4.69) is 33.0 Å². The summed E-state index contributed by atoms with van der Waals surface area (Å²) in [5.74, 6) is 1.93. The quantitative estimate of drug-likeness (QED) is 0.478. The zero-order chi connectivity index (χ0) is 21.3. The zero-order valence-corrected chi connectivity index (χ0v) is 18.2. The number of aryl methyl sites for hydroxylation is 1. The van der Waals surface area contributed by atoms with Crippen LogP contribution in [0.5, 0.6) is 0 Å². The molecule has 1 aliphatic rings. The van der Waals surface area contributed by atoms with Crippen molar-refractivity contribution in [3.63, 3.8) is 0 Å². The van der Waals surface area contributed by atoms with E-state index in [9.17, 15) is 5.21 Å². The van der Waals surface area contributed by atoms with Gasteiger partial charge in [-0.2, -0.15) is 9.61 Å². The Hall–Kier alpha value is -2.87. The molecule has 0 amide bonds. The van der Waals surface area contributed by atoms with E-state index >= 15 is 0 Å². The molecule has 3 aromatic rings. The van der Waals surface area contributed by atoms with Gasteiger partial charge in [-0.25, -0.2) is 4.98 Å². The molecule has 1 saturated heterocycles. The number of piperidine rings is 1. The molecule has 4 rings (SSSR count). The molecule has 0 bridgehead atoms. The molecule has 1 aliphatic heterocycles. The molecule has 4 heterocycles. The molecule has 3 aromatic heterocycles. The van der Waals surface area contributed by atoms with Crippen LogP contribution in [0.3, 0.4) is 0 Å². The zero-order valence-electron chi connectivity index (χ0n) is 18.2. The van der Waals surface area contributed by atoms with Gasteiger partial charge >= 0.3 is 0 Å². The Labute approximate surface area is 178 Å². The topological polar surface area (TPSA) is 78.8 Å². The van der Waals surface area contributed by atoms with E-state index in [-0.39, 0.29) is 0 Å². The first-order chi connectivity index (χ1) is 14.7. The maximum atomic E-state index is 9.59. The predicted octanol–water partition coefficient (Wildman–Crippen LogP) is 3.07. The van der Waals surface area contributed by atoms with Crippen LogP contribution in [-0.4, -0.2) is 46.6 Å². The fourth-order valence-corrected chi connectivity index (χ4v) is 3.46. The fraction of sp³-hybridized carbons (Fsp3) is 0.500. The Morgan fingerprint density at radius 1 is 1.23 bits per heavy atom. The Morgan fingerprint density at radius 2 is 2.00 bits per heavy atom. The minimum Gasteiger partial charge on any atom is -0.385 e. The van der Waals surface area contributed by atoms with E-state index in [1.54, 1.807) is 19.5 Å². The van der Waals surface area contributed by atoms with E-state index in [4.69, 9.17) is 4.98 Å². The summed E-state index contributed by atoms with van der Waals surface area (Å²) in [6, 6.07) is 5.88. The van der Waals surface area contributed by atoms with E-state index in [1.165, 1.54) is 19.3 Å². The summed E-state index contributed by atoms with van der Waals surface area (Å²) >= 11 is 0. The number of ether oxygens (including phenoxy) is 1. The number of anilines is 2. The van der Waals surface area contributed by atoms with Gasteiger partial charge in [0.05, 0.1) is 6.20 Å². The third-order valence-electron chi connectivity index (χ3n) is 5.20. The Kier molecular flexibility index (Phi) is 7.84. The van der Waals surface area contributed by atoms with Crippen molar-refractivity contribution < 1.29 is 14.7 Å². The van der Waals surface area contributed by atoms with E-state index in [0.717, 1.165) is 59.3 Å². The highest BCUT2D eigenvalue weighted by Gasteiger charge is 2.17. The Bertz CT molecular complexity index is 935. The molecule has 0 unspecified atom stereocenters. The van der Waals surface area contributed by atoms with Gasteiger partial charge in [-0.15, -0.1) is 0 Å². The second-order valence-corrected chi connectivity index (χ2v) is 7.33. The summed E-state index contributed by atoms with van der Waals surface area (Å²) in [7, 11) is 1.68. The van der Waals surface area contributed by atoms with Crippen molar-refractivity contribution in [2.24, 2.45) is 0 Å². The number of hydrogen-bond donors (Lipinski definition) is 2. The summed E-state index contributed by atoms with van der Waals surface area (Å²) in [5.41, 5.74) is 3.06. The third-order valence-corrected chi connectivity index (χ3v) is 5.20. The van der Waals surface area contributed by atoms with Crippen molar-refractivity contribution in [1.29, 1.82) is 0 Å². The van der Waals surface area contributed by atoms with Crippen molar-refractivity contribution >= 4 is 17.3 Å². The average Bonchev–Trinajstić information content (AvgIpc) is 3.21. The lowest BCUT2D eigenvalue weighted by atomic mass is 10.1. The van der Waals surface area contributed by atoms with Crippen LogP contribution in [-0.2, 0) is 17.7 Å². The molecule has 162 valence electrons. The van der Waals surface area contributed by atoms with E-state index < -0.39 is 0 Å². The molecule has 8 heteroatoms. The largest absolute Gasteiger partial charge is 0.385 e. The number of nitrogens with zero attached hydrogens (tertiary/aromatic N) is 5. The lowest BCUT2D eigenvalue weighted by Gasteiger charge is -2.28. The van der Waals surface area contributed by atoms with Gasteiger partial charge in [0.15, 0.2) is 5.65 Å². The van der Waals surface area contributed by atoms with Crippen molar-refractivity contribution in [3.8, 4) is 0 Å². The number of pyridine rings is 1. The van der Waals surface area contributed by atoms with Crippen LogP contribution in [0.4, 0.5) is 11.6 Å². The predicted molar refractivity (Wildman–Crippen MR) is 117 cm³/mol. The van der Waals surface area contributed by atoms with E-state index in [1.807, 2.05) is 29.8 Å². The summed E-state index contributed by atoms with van der Waals surface area (Å²) in [5, 5.41) is 17.6. The standard InChI is InChI=1S/C19H25N6O.C3H8O/c1-2-16-13-21-25-17(20-12-15-7-6-10-24(26)14-15)11-18(22-19(16)25)23-8-4-3-5-9-23;1-3-4-2/h6-7,10-11,13-14,20,26H,2-5,8-9,12H2,1H3;3H2,1-2H3/q+1;. The van der Waals surface area contributed by atoms with Crippen LogP contribution >= 0.6 is 0 Å². The number of aromatic nitrogens is 4. The third kappa shape index (κ3) is 5.38. The molecular formula is C22H33N6O2+. The average molecular weight is 414 g/mol. The first kappa shape index (κ1) is 21.8. The maximum absolute atomic E-state index is 9.59. The lowest BCUT2D eigenvalue weighted by Crippen LogP contribution is -2.30. The molecule has 2 N–H and O–H groups in total. The number of fused-ring (bicyclic) bond motifs is 1. The Morgan fingerprint density at radius 3 is 2.67 bits per heavy atom. The summed E-state index contributed by atoms with van der Waals surface area (Å²) in [4.78, 5) is 7.27. The number of rotatable bonds is 6. The van der Waals surface area contributed by atoms with Crippen LogP contribution in [0.25, 0.3) is 5.65 Å². The monoisotopic (exact) mass is 413 g/mol. The first-order valence-corrected chi connectivity index (χ1v) is 10.7. The second kappa shape index (κ2) is 10.8. The number of nitrogens with one attached hydrogen (secondary N) is 1. The van der Waals surface area contributed by atoms with Crippen LogP contribution in [0.15, 0.2) is 36.8 Å². The lowest BCUT2D eigenvalue weighted by molar-refractivity contribution is -0.905. The minimum atomic E-state index is 0.598. The SMILES string of the molecule is CCOC.CCc1cnn2c(NCc3ccc[n+](O)c3)cc(N3CCCCC3)nc12. The highest BCUT2D eigenvalue weighted by atomic mass is 16.5. The van der Waals surface area contributed by atoms with E-state index in [0.29, 0.717) is 6.54 Å². The molecule has 0 aromatic carbocycles. The molecule has 0 atom stereocenters. The first-order valence-electron chi connectivity index (χ1n) is 10.7. The van der Waals surface area contributed by atoms with Gasteiger partial charge in [-0.1, -0.05) is 6.92 Å². The highest BCUT2D eigenvalue weighted by molar-refractivity contribution is 5.61. The van der Waals surface area contributed by atoms with Gasteiger partial charge in [0.1, 0.15) is 11.6 Å². The molecule has 0 spiro atoms. The maximum Gasteiger partial charge on any atom is 0.227 e. The highest BCUT2D eigenvalue weighted by Crippen LogP contribution is 2.24. The summed E-state index contributed by atoms with van der Waals surface area (Å²) in [6.45, 7) is 7.62. The minimum absolute atomic E-state index is 0.598. The molecular weight excluding hydrogens is 380 g/mol. The molecule has 0 radical (unpaired) electrons. The van der Waals surface area contributed by atoms with Gasteiger partial charge in [-0.3, -0.25) is 5.21 Å². The van der Waals surface area contributed by atoms with Crippen molar-refractivity contribution in [1.82, 2.24) is 14.6 Å². The van der Waals surface area contributed by atoms with Gasteiger partial charge in [-0.05, 0) is 38.7 Å². The van der Waals surface area contributed by atoms with Gasteiger partial charge in [0, 0.05) is 61.3 Å². The molecule has 8 nitrogen and oxygen atoms in total. The van der Waals surface area contributed by atoms with Crippen molar-refractivity contribution in [2.45, 2.75) is 46.1 Å². The molecule has 0 aliphatic carbocycles. The smallest absolute Gasteiger partial charge is 0.227 e. The Balaban J connectivity index is 0.000000589. The molecule has 30 heavy (non-hydrogen) atoms. The summed E-state index contributed by atoms with van der Waals surface area (Å²) < 4.78 is 7.49. The van der Waals surface area contributed by atoms with Crippen LogP contribution in [0.1, 0.15) is 44.2 Å². The van der Waals surface area contributed by atoms with Crippen molar-refractivity contribution in [2.75, 3.05) is 37.0 Å². The molecule has 0 saturated carbocycles. The second-order valence-electron chi connectivity index (χ2n) is 7.33. The number of methoxy groups -OCH3 is 1. The summed E-state index contributed by atoms with van der Waals surface area (Å²) in [6.07, 6.45) is 9.83. The molecule has 1 fully saturated rings. The van der Waals surface area contributed by atoms with Gasteiger partial charge in [0.25, 0.3) is 0 Å².